The van der Waals surface area contributed by atoms with Crippen LogP contribution in [0.4, 0.5) is 0 Å². The highest BCUT2D eigenvalue weighted by Gasteiger charge is 2.23. The topological polar surface area (TPSA) is 41.3 Å². The van der Waals surface area contributed by atoms with Gasteiger partial charge in [0, 0.05) is 7.05 Å². The van der Waals surface area contributed by atoms with Crippen LogP contribution in [0.5, 0.6) is 0 Å². The number of nitrogens with zero attached hydrogens (tertiary/aromatic N) is 3. The molecule has 1 unspecified atom stereocenters. The monoisotopic (exact) mass is 257 g/mol. The van der Waals surface area contributed by atoms with E-state index in [2.05, 4.69) is 9.88 Å². The van der Waals surface area contributed by atoms with Gasteiger partial charge < -0.3 is 9.67 Å². The number of aromatic nitrogens is 2. The molecule has 1 aromatic heterocycles. The van der Waals surface area contributed by atoms with Gasteiger partial charge in [0.2, 0.25) is 0 Å². The Kier molecular flexibility index (Phi) is 4.07. The SMILES string of the molecule is CC(O)C1CCN(Cc2ncc(Cl)n2C)CC1. The normalized spacial score (nSPS) is 20.7. The van der Waals surface area contributed by atoms with Gasteiger partial charge in [-0.15, -0.1) is 0 Å². The lowest BCUT2D eigenvalue weighted by molar-refractivity contribution is 0.0684. The Morgan fingerprint density at radius 2 is 2.18 bits per heavy atom. The van der Waals surface area contributed by atoms with Gasteiger partial charge in [-0.3, -0.25) is 4.90 Å². The fourth-order valence-electron chi connectivity index (χ4n) is 2.36. The summed E-state index contributed by atoms with van der Waals surface area (Å²) in [4.78, 5) is 6.68. The molecule has 17 heavy (non-hydrogen) atoms. The van der Waals surface area contributed by atoms with Crippen molar-refractivity contribution < 1.29 is 5.11 Å². The average molecular weight is 258 g/mol. The van der Waals surface area contributed by atoms with Crippen LogP contribution in [0, 0.1) is 5.92 Å². The molecule has 4 nitrogen and oxygen atoms in total. The van der Waals surface area contributed by atoms with Crippen LogP contribution in [0.1, 0.15) is 25.6 Å². The molecule has 1 atom stereocenters. The van der Waals surface area contributed by atoms with Crippen molar-refractivity contribution in [2.45, 2.75) is 32.4 Å². The molecule has 0 saturated carbocycles. The summed E-state index contributed by atoms with van der Waals surface area (Å²) in [6.45, 7) is 4.79. The number of imidazole rings is 1. The Morgan fingerprint density at radius 1 is 1.53 bits per heavy atom. The maximum absolute atomic E-state index is 9.55. The van der Waals surface area contributed by atoms with E-state index in [1.165, 1.54) is 0 Å². The number of likely N-dealkylation sites (tertiary alicyclic amines) is 1. The van der Waals surface area contributed by atoms with Crippen molar-refractivity contribution in [1.29, 1.82) is 0 Å². The van der Waals surface area contributed by atoms with Crippen LogP contribution in [0.25, 0.3) is 0 Å². The zero-order valence-electron chi connectivity index (χ0n) is 10.4. The molecular weight excluding hydrogens is 238 g/mol. The number of piperidine rings is 1. The predicted octanol–water partition coefficient (Wildman–Crippen LogP) is 1.67. The second-order valence-electron chi connectivity index (χ2n) is 4.91. The van der Waals surface area contributed by atoms with Gasteiger partial charge in [0.15, 0.2) is 0 Å². The highest BCUT2D eigenvalue weighted by atomic mass is 35.5. The Morgan fingerprint density at radius 3 is 2.65 bits per heavy atom. The van der Waals surface area contributed by atoms with Crippen molar-refractivity contribution in [1.82, 2.24) is 14.5 Å². The van der Waals surface area contributed by atoms with Crippen LogP contribution in [0.15, 0.2) is 6.20 Å². The number of aliphatic hydroxyl groups excluding tert-OH is 1. The minimum atomic E-state index is -0.181. The first-order valence-corrected chi connectivity index (χ1v) is 6.52. The smallest absolute Gasteiger partial charge is 0.128 e. The molecule has 1 aromatic rings. The molecule has 0 aromatic carbocycles. The van der Waals surface area contributed by atoms with Crippen molar-refractivity contribution in [2.75, 3.05) is 13.1 Å². The quantitative estimate of drug-likeness (QED) is 0.896. The molecule has 1 saturated heterocycles. The van der Waals surface area contributed by atoms with Crippen molar-refractivity contribution in [3.63, 3.8) is 0 Å². The molecule has 1 fully saturated rings. The van der Waals surface area contributed by atoms with Crippen LogP contribution >= 0.6 is 11.6 Å². The lowest BCUT2D eigenvalue weighted by Crippen LogP contribution is -2.37. The van der Waals surface area contributed by atoms with Gasteiger partial charge in [0.05, 0.1) is 18.8 Å². The van der Waals surface area contributed by atoms with Crippen LogP contribution in [0.3, 0.4) is 0 Å². The van der Waals surface area contributed by atoms with Gasteiger partial charge in [-0.2, -0.15) is 0 Å². The fourth-order valence-corrected chi connectivity index (χ4v) is 2.51. The number of halogens is 1. The number of rotatable bonds is 3. The Hall–Kier alpha value is -0.580. The minimum Gasteiger partial charge on any atom is -0.393 e. The van der Waals surface area contributed by atoms with Crippen molar-refractivity contribution in [3.8, 4) is 0 Å². The molecular formula is C12H20ClN3O. The van der Waals surface area contributed by atoms with Crippen LogP contribution in [-0.4, -0.2) is 38.8 Å². The first kappa shape index (κ1) is 12.9. The summed E-state index contributed by atoms with van der Waals surface area (Å²) in [7, 11) is 1.94. The Labute approximate surface area is 107 Å². The van der Waals surface area contributed by atoms with Crippen molar-refractivity contribution >= 4 is 11.6 Å². The average Bonchev–Trinajstić information content (AvgIpc) is 2.62. The summed E-state index contributed by atoms with van der Waals surface area (Å²) in [6, 6.07) is 0. The summed E-state index contributed by atoms with van der Waals surface area (Å²) in [5.41, 5.74) is 0. The molecule has 0 amide bonds. The standard InChI is InChI=1S/C12H20ClN3O/c1-9(17)10-3-5-16(6-4-10)8-12-14-7-11(13)15(12)2/h7,9-10,17H,3-6,8H2,1-2H3. The van der Waals surface area contributed by atoms with E-state index in [1.54, 1.807) is 6.20 Å². The van der Waals surface area contributed by atoms with E-state index in [4.69, 9.17) is 11.6 Å². The molecule has 1 aliphatic rings. The molecule has 1 aliphatic heterocycles. The van der Waals surface area contributed by atoms with E-state index >= 15 is 0 Å². The maximum atomic E-state index is 9.55. The highest BCUT2D eigenvalue weighted by Crippen LogP contribution is 2.22. The molecule has 5 heteroatoms. The van der Waals surface area contributed by atoms with E-state index < -0.39 is 0 Å². The third-order valence-electron chi connectivity index (χ3n) is 3.71. The third kappa shape index (κ3) is 3.00. The highest BCUT2D eigenvalue weighted by molar-refractivity contribution is 6.29. The minimum absolute atomic E-state index is 0.181. The number of aliphatic hydroxyl groups is 1. The molecule has 2 heterocycles. The molecule has 1 N–H and O–H groups in total. The van der Waals surface area contributed by atoms with Gasteiger partial charge >= 0.3 is 0 Å². The zero-order valence-corrected chi connectivity index (χ0v) is 11.2. The predicted molar refractivity (Wildman–Crippen MR) is 67.9 cm³/mol. The van der Waals surface area contributed by atoms with E-state index in [0.29, 0.717) is 11.1 Å². The molecule has 96 valence electrons. The largest absolute Gasteiger partial charge is 0.393 e. The first-order chi connectivity index (χ1) is 8.08. The Bertz CT molecular complexity index is 370. The van der Waals surface area contributed by atoms with E-state index in [0.717, 1.165) is 38.3 Å². The van der Waals surface area contributed by atoms with Crippen LogP contribution in [0.2, 0.25) is 5.15 Å². The molecule has 0 radical (unpaired) electrons. The molecule has 0 bridgehead atoms. The van der Waals surface area contributed by atoms with Crippen LogP contribution < -0.4 is 0 Å². The molecule has 2 rings (SSSR count). The van der Waals surface area contributed by atoms with Gasteiger partial charge in [-0.25, -0.2) is 4.98 Å². The zero-order chi connectivity index (χ0) is 12.4. The summed E-state index contributed by atoms with van der Waals surface area (Å²) in [5, 5.41) is 10.2. The lowest BCUT2D eigenvalue weighted by Gasteiger charge is -2.32. The second-order valence-corrected chi connectivity index (χ2v) is 5.30. The number of hydrogen-bond acceptors (Lipinski definition) is 3. The molecule has 0 spiro atoms. The lowest BCUT2D eigenvalue weighted by atomic mass is 9.92. The van der Waals surface area contributed by atoms with E-state index in [-0.39, 0.29) is 6.10 Å². The summed E-state index contributed by atoms with van der Waals surface area (Å²) >= 11 is 5.96. The second kappa shape index (κ2) is 5.38. The third-order valence-corrected chi connectivity index (χ3v) is 4.06. The van der Waals surface area contributed by atoms with Gasteiger partial charge in [-0.05, 0) is 38.8 Å². The fraction of sp³-hybridized carbons (Fsp3) is 0.750. The van der Waals surface area contributed by atoms with Gasteiger partial charge in [0.1, 0.15) is 11.0 Å². The van der Waals surface area contributed by atoms with Gasteiger partial charge in [-0.1, -0.05) is 11.6 Å². The summed E-state index contributed by atoms with van der Waals surface area (Å²) in [5.74, 6) is 1.46. The summed E-state index contributed by atoms with van der Waals surface area (Å²) in [6.07, 6.45) is 3.64. The van der Waals surface area contributed by atoms with Crippen molar-refractivity contribution in [2.24, 2.45) is 13.0 Å². The van der Waals surface area contributed by atoms with E-state index in [9.17, 15) is 5.11 Å². The number of hydrogen-bond donors (Lipinski definition) is 1. The summed E-state index contributed by atoms with van der Waals surface area (Å²) < 4.78 is 1.92. The van der Waals surface area contributed by atoms with Crippen LogP contribution in [-0.2, 0) is 13.6 Å². The van der Waals surface area contributed by atoms with Gasteiger partial charge in [0.25, 0.3) is 0 Å². The molecule has 0 aliphatic carbocycles. The Balaban J connectivity index is 1.88. The van der Waals surface area contributed by atoms with Crippen molar-refractivity contribution in [3.05, 3.63) is 17.2 Å². The van der Waals surface area contributed by atoms with E-state index in [1.807, 2.05) is 18.5 Å². The first-order valence-electron chi connectivity index (χ1n) is 6.14. The maximum Gasteiger partial charge on any atom is 0.128 e.